The minimum absolute atomic E-state index is 0.251. The van der Waals surface area contributed by atoms with Crippen LogP contribution in [0.15, 0.2) is 121 Å². The van der Waals surface area contributed by atoms with Crippen LogP contribution in [0.25, 0.3) is 98.6 Å². The first-order valence-electron chi connectivity index (χ1n) is 17.9. The van der Waals surface area contributed by atoms with Crippen molar-refractivity contribution in [3.63, 3.8) is 0 Å². The van der Waals surface area contributed by atoms with Gasteiger partial charge in [0, 0.05) is 79.3 Å². The van der Waals surface area contributed by atoms with Gasteiger partial charge in [0.15, 0.2) is 11.6 Å². The second-order valence-electron chi connectivity index (χ2n) is 14.3. The van der Waals surface area contributed by atoms with Crippen LogP contribution in [0.5, 0.6) is 0 Å². The average Bonchev–Trinajstić information content (AvgIpc) is 3.88. The van der Waals surface area contributed by atoms with E-state index in [1.807, 2.05) is 102 Å². The van der Waals surface area contributed by atoms with E-state index in [4.69, 9.17) is 0 Å². The lowest BCUT2D eigenvalue weighted by atomic mass is 10.0. The zero-order valence-electron chi connectivity index (χ0n) is 29.7. The topological polar surface area (TPSA) is 43.5 Å². The van der Waals surface area contributed by atoms with Crippen LogP contribution in [-0.2, 0) is 20.3 Å². The van der Waals surface area contributed by atoms with Gasteiger partial charge in [-0.05, 0) is 48.5 Å². The Morgan fingerprint density at radius 3 is 1.23 bits per heavy atom. The lowest BCUT2D eigenvalue weighted by Crippen LogP contribution is -2.19. The molecule has 56 heavy (non-hydrogen) atoms. The number of rotatable bonds is 2. The van der Waals surface area contributed by atoms with Crippen LogP contribution in [0.1, 0.15) is 11.1 Å². The minimum atomic E-state index is -5.39. The molecule has 0 saturated heterocycles. The van der Waals surface area contributed by atoms with Crippen molar-refractivity contribution in [1.29, 1.82) is 5.26 Å². The molecule has 10 heteroatoms. The molecule has 11 rings (SSSR count). The number of benzene rings is 7. The Bertz CT molecular complexity index is 3590. The fourth-order valence-electron chi connectivity index (χ4n) is 9.17. The van der Waals surface area contributed by atoms with Gasteiger partial charge < -0.3 is 18.3 Å². The number of hydrogen-bond acceptors (Lipinski definition) is 1. The first kappa shape index (κ1) is 32.3. The van der Waals surface area contributed by atoms with Gasteiger partial charge in [-0.3, -0.25) is 0 Å². The van der Waals surface area contributed by atoms with E-state index in [0.717, 1.165) is 43.6 Å². The van der Waals surface area contributed by atoms with Crippen molar-refractivity contribution in [1.82, 2.24) is 18.3 Å². The van der Waals surface area contributed by atoms with Crippen molar-refractivity contribution in [2.24, 2.45) is 14.1 Å². The lowest BCUT2D eigenvalue weighted by Gasteiger charge is -2.22. The molecule has 5 nitrogen and oxygen atoms in total. The van der Waals surface area contributed by atoms with E-state index in [2.05, 4.69) is 0 Å². The first-order valence-corrected chi connectivity index (χ1v) is 17.9. The molecule has 0 spiro atoms. The van der Waals surface area contributed by atoms with Gasteiger partial charge in [0.25, 0.3) is 0 Å². The van der Waals surface area contributed by atoms with Crippen LogP contribution in [0.4, 0.5) is 22.0 Å². The maximum absolute atomic E-state index is 18.2. The van der Waals surface area contributed by atoms with Gasteiger partial charge in [-0.15, -0.1) is 0 Å². The molecular formula is C46H26F5N5. The highest BCUT2D eigenvalue weighted by atomic mass is 19.4. The fraction of sp³-hybridized carbons (Fsp3) is 0.0652. The van der Waals surface area contributed by atoms with Gasteiger partial charge in [-0.25, -0.2) is 8.78 Å². The highest BCUT2D eigenvalue weighted by Gasteiger charge is 2.43. The number of para-hydroxylation sites is 4. The lowest BCUT2D eigenvalue weighted by molar-refractivity contribution is -0.140. The Balaban J connectivity index is 1.35. The minimum Gasteiger partial charge on any atom is -0.344 e. The summed E-state index contributed by atoms with van der Waals surface area (Å²) in [5, 5.41) is 16.3. The third kappa shape index (κ3) is 4.01. The summed E-state index contributed by atoms with van der Waals surface area (Å²) in [7, 11) is 3.86. The van der Waals surface area contributed by atoms with Crippen molar-refractivity contribution in [3.05, 3.63) is 144 Å². The molecule has 0 aliphatic heterocycles. The van der Waals surface area contributed by atoms with Gasteiger partial charge >= 0.3 is 6.18 Å². The normalized spacial score (nSPS) is 12.5. The van der Waals surface area contributed by atoms with E-state index >= 15 is 22.0 Å². The number of aryl methyl sites for hydroxylation is 2. The molecule has 0 amide bonds. The van der Waals surface area contributed by atoms with Crippen molar-refractivity contribution in [2.45, 2.75) is 6.18 Å². The predicted octanol–water partition coefficient (Wildman–Crippen LogP) is 12.3. The number of nitrogens with zero attached hydrogens (tertiary/aromatic N) is 5. The van der Waals surface area contributed by atoms with Gasteiger partial charge in [-0.1, -0.05) is 72.8 Å². The molecule has 4 aromatic heterocycles. The largest absolute Gasteiger partial charge is 0.421 e. The van der Waals surface area contributed by atoms with Crippen molar-refractivity contribution in [2.75, 3.05) is 0 Å². The Kier molecular flexibility index (Phi) is 6.34. The molecule has 0 atom stereocenters. The third-order valence-corrected chi connectivity index (χ3v) is 11.6. The van der Waals surface area contributed by atoms with E-state index in [1.165, 1.54) is 9.13 Å². The van der Waals surface area contributed by atoms with Gasteiger partial charge in [0.05, 0.1) is 27.8 Å². The van der Waals surface area contributed by atoms with E-state index in [9.17, 15) is 5.26 Å². The molecule has 4 heterocycles. The monoisotopic (exact) mass is 743 g/mol. The Labute approximate surface area is 313 Å². The van der Waals surface area contributed by atoms with Crippen molar-refractivity contribution < 1.29 is 22.0 Å². The summed E-state index contributed by atoms with van der Waals surface area (Å²) in [4.78, 5) is 0. The number of hydrogen-bond donors (Lipinski definition) is 0. The summed E-state index contributed by atoms with van der Waals surface area (Å²) in [5.74, 6) is -3.22. The Morgan fingerprint density at radius 2 is 0.804 bits per heavy atom. The van der Waals surface area contributed by atoms with Crippen LogP contribution >= 0.6 is 0 Å². The van der Waals surface area contributed by atoms with Crippen LogP contribution < -0.4 is 0 Å². The van der Waals surface area contributed by atoms with E-state index in [0.29, 0.717) is 32.6 Å². The molecule has 0 fully saturated rings. The zero-order chi connectivity index (χ0) is 38.4. The number of fused-ring (bicyclic) bond motifs is 12. The standard InChI is InChI=1S/C46H26F5N5/c1-53-33-15-7-3-11-24(33)28-21-39-30(19-37(28)53)26-13-5-9-17-35(26)55(39)44-32(23-52)42(47)41(46(49,50)51)45(43(44)48)56-36-18-10-6-14-27(36)31-20-38-29(22-40(31)56)25-12-4-8-16-34(25)54(38)2/h3-22H,1-2H3. The molecule has 0 radical (unpaired) electrons. The summed E-state index contributed by atoms with van der Waals surface area (Å²) < 4.78 is 88.2. The van der Waals surface area contributed by atoms with Gasteiger partial charge in [0.2, 0.25) is 0 Å². The molecule has 7 aromatic carbocycles. The predicted molar refractivity (Wildman–Crippen MR) is 213 cm³/mol. The van der Waals surface area contributed by atoms with E-state index in [-0.39, 0.29) is 11.0 Å². The maximum atomic E-state index is 18.2. The highest BCUT2D eigenvalue weighted by Crippen LogP contribution is 2.47. The maximum Gasteiger partial charge on any atom is 0.421 e. The molecule has 0 aliphatic rings. The number of halogens is 5. The zero-order valence-corrected chi connectivity index (χ0v) is 29.7. The second kappa shape index (κ2) is 11.0. The van der Waals surface area contributed by atoms with Crippen LogP contribution in [0.3, 0.4) is 0 Å². The molecule has 270 valence electrons. The smallest absolute Gasteiger partial charge is 0.344 e. The molecule has 0 bridgehead atoms. The SMILES string of the molecule is Cn1c2ccccc2c2cc3c(cc21)c1ccccc1n3-c1c(F)c(-n2c3ccccc3c3cc4c(cc32)c2ccccc2n4C)c(C(F)(F)F)c(F)c1C#N. The third-order valence-electron chi connectivity index (χ3n) is 11.6. The number of aromatic nitrogens is 4. The van der Waals surface area contributed by atoms with Crippen LogP contribution in [0.2, 0.25) is 0 Å². The fourth-order valence-corrected chi connectivity index (χ4v) is 9.17. The highest BCUT2D eigenvalue weighted by molar-refractivity contribution is 6.20. The summed E-state index contributed by atoms with van der Waals surface area (Å²) in [6.07, 6.45) is -5.39. The van der Waals surface area contributed by atoms with Gasteiger partial charge in [-0.2, -0.15) is 18.4 Å². The molecule has 0 N–H and O–H groups in total. The molecule has 0 aliphatic carbocycles. The summed E-state index contributed by atoms with van der Waals surface area (Å²) in [6.45, 7) is 0. The molecule has 0 unspecified atom stereocenters. The van der Waals surface area contributed by atoms with Crippen molar-refractivity contribution >= 4 is 87.2 Å². The van der Waals surface area contributed by atoms with Crippen LogP contribution in [0, 0.1) is 23.0 Å². The quantitative estimate of drug-likeness (QED) is 0.163. The summed E-state index contributed by atoms with van der Waals surface area (Å²) >= 11 is 0. The van der Waals surface area contributed by atoms with Gasteiger partial charge in [0.1, 0.15) is 22.9 Å². The number of nitriles is 1. The first-order chi connectivity index (χ1) is 27.1. The van der Waals surface area contributed by atoms with Crippen molar-refractivity contribution in [3.8, 4) is 17.4 Å². The Hall–Kier alpha value is -7.12. The number of alkyl halides is 3. The average molecular weight is 744 g/mol. The van der Waals surface area contributed by atoms with E-state index < -0.39 is 40.3 Å². The molecular weight excluding hydrogens is 718 g/mol. The van der Waals surface area contributed by atoms with E-state index in [1.54, 1.807) is 48.5 Å². The Morgan fingerprint density at radius 1 is 0.446 bits per heavy atom. The molecule has 0 saturated carbocycles. The van der Waals surface area contributed by atoms with Crippen LogP contribution in [-0.4, -0.2) is 18.3 Å². The summed E-state index contributed by atoms with van der Waals surface area (Å²) in [6, 6.07) is 38.4. The molecule has 11 aromatic rings. The summed E-state index contributed by atoms with van der Waals surface area (Å²) in [5.41, 5.74) is 0.373. The second-order valence-corrected chi connectivity index (χ2v) is 14.3.